The van der Waals surface area contributed by atoms with E-state index in [2.05, 4.69) is 5.32 Å². The first-order valence-corrected chi connectivity index (χ1v) is 5.37. The van der Waals surface area contributed by atoms with Crippen molar-refractivity contribution in [1.29, 1.82) is 0 Å². The van der Waals surface area contributed by atoms with Crippen molar-refractivity contribution in [3.05, 3.63) is 66.0 Å². The van der Waals surface area contributed by atoms with Crippen LogP contribution in [0.5, 0.6) is 0 Å². The number of benzene rings is 1. The predicted molar refractivity (Wildman–Crippen MR) is 67.6 cm³/mol. The van der Waals surface area contributed by atoms with E-state index in [1.54, 1.807) is 24.3 Å². The molecule has 0 aliphatic heterocycles. The Labute approximate surface area is 99.8 Å². The van der Waals surface area contributed by atoms with E-state index in [1.165, 1.54) is 0 Å². The monoisotopic (exact) mass is 227 g/mol. The Balaban J connectivity index is 2.09. The molecule has 0 bridgehead atoms. The smallest absolute Gasteiger partial charge is 0.252 e. The van der Waals surface area contributed by atoms with Crippen LogP contribution >= 0.6 is 0 Å². The zero-order valence-electron chi connectivity index (χ0n) is 9.26. The van der Waals surface area contributed by atoms with E-state index in [0.29, 0.717) is 5.57 Å². The third-order valence-electron chi connectivity index (χ3n) is 2.39. The number of amides is 1. The van der Waals surface area contributed by atoms with Crippen LogP contribution in [0.3, 0.4) is 0 Å². The minimum Gasteiger partial charge on any atom is -0.512 e. The molecule has 1 aromatic carbocycles. The van der Waals surface area contributed by atoms with Gasteiger partial charge >= 0.3 is 0 Å². The summed E-state index contributed by atoms with van der Waals surface area (Å²) in [6, 6.07) is 9.24. The molecule has 1 aliphatic carbocycles. The Morgan fingerprint density at radius 3 is 2.59 bits per heavy atom. The van der Waals surface area contributed by atoms with Gasteiger partial charge in [-0.15, -0.1) is 0 Å². The summed E-state index contributed by atoms with van der Waals surface area (Å²) < 4.78 is 0. The molecular formula is C14H13NO2. The molecule has 0 saturated carbocycles. The largest absolute Gasteiger partial charge is 0.512 e. The van der Waals surface area contributed by atoms with Crippen LogP contribution in [-0.2, 0) is 4.79 Å². The van der Waals surface area contributed by atoms with Crippen molar-refractivity contribution >= 4 is 11.6 Å². The number of carbonyl (C=O) groups excluding carboxylic acids is 1. The van der Waals surface area contributed by atoms with E-state index in [4.69, 9.17) is 0 Å². The van der Waals surface area contributed by atoms with Gasteiger partial charge in [0.1, 0.15) is 0 Å². The van der Waals surface area contributed by atoms with Gasteiger partial charge in [-0.3, -0.25) is 4.79 Å². The first-order chi connectivity index (χ1) is 8.25. The fraction of sp³-hybridized carbons (Fsp3) is 0.0714. The molecule has 0 unspecified atom stereocenters. The number of hydrogen-bond acceptors (Lipinski definition) is 2. The van der Waals surface area contributed by atoms with Crippen molar-refractivity contribution in [3.63, 3.8) is 0 Å². The topological polar surface area (TPSA) is 49.3 Å². The van der Waals surface area contributed by atoms with Gasteiger partial charge in [-0.2, -0.15) is 0 Å². The number of nitrogens with one attached hydrogen (secondary N) is 1. The number of allylic oxidation sites excluding steroid dienone is 5. The zero-order chi connectivity index (χ0) is 12.1. The first kappa shape index (κ1) is 11.2. The summed E-state index contributed by atoms with van der Waals surface area (Å²) in [5.74, 6) is -0.00379. The Morgan fingerprint density at radius 1 is 1.12 bits per heavy atom. The molecule has 0 aromatic heterocycles. The lowest BCUT2D eigenvalue weighted by Crippen LogP contribution is -2.14. The fourth-order valence-corrected chi connectivity index (χ4v) is 1.54. The maximum atomic E-state index is 11.9. The second kappa shape index (κ2) is 5.16. The molecule has 2 N–H and O–H groups in total. The van der Waals surface area contributed by atoms with Crippen molar-refractivity contribution in [2.75, 3.05) is 5.32 Å². The van der Waals surface area contributed by atoms with Gasteiger partial charge in [-0.25, -0.2) is 0 Å². The Bertz CT molecular complexity index is 498. The van der Waals surface area contributed by atoms with Crippen LogP contribution in [0.1, 0.15) is 6.42 Å². The number of anilines is 1. The van der Waals surface area contributed by atoms with Crippen molar-refractivity contribution < 1.29 is 9.90 Å². The van der Waals surface area contributed by atoms with Crippen LogP contribution in [0.4, 0.5) is 5.69 Å². The second-order valence-electron chi connectivity index (χ2n) is 3.73. The third kappa shape index (κ3) is 3.08. The molecular weight excluding hydrogens is 214 g/mol. The molecule has 0 fully saturated rings. The highest BCUT2D eigenvalue weighted by atomic mass is 16.3. The molecule has 1 aliphatic rings. The maximum absolute atomic E-state index is 11.9. The highest BCUT2D eigenvalue weighted by molar-refractivity contribution is 6.04. The predicted octanol–water partition coefficient (Wildman–Crippen LogP) is 2.95. The molecule has 3 heteroatoms. The van der Waals surface area contributed by atoms with Crippen LogP contribution in [0.25, 0.3) is 0 Å². The van der Waals surface area contributed by atoms with Gasteiger partial charge in [0.05, 0.1) is 5.76 Å². The van der Waals surface area contributed by atoms with Gasteiger partial charge in [0.2, 0.25) is 0 Å². The van der Waals surface area contributed by atoms with Gasteiger partial charge in [0.15, 0.2) is 0 Å². The zero-order valence-corrected chi connectivity index (χ0v) is 9.26. The summed E-state index contributed by atoms with van der Waals surface area (Å²) in [6.07, 6.45) is 6.99. The Morgan fingerprint density at radius 2 is 1.82 bits per heavy atom. The molecule has 1 aromatic rings. The Hall–Kier alpha value is -2.29. The standard InChI is InChI=1S/C14H13NO2/c16-13-9-5-4-6-11(10-13)14(17)15-12-7-2-1-3-8-12/h1-9,16H,10H2,(H,15,17). The quantitative estimate of drug-likeness (QED) is 0.816. The van der Waals surface area contributed by atoms with Gasteiger partial charge in [0, 0.05) is 17.7 Å². The maximum Gasteiger partial charge on any atom is 0.252 e. The Kier molecular flexibility index (Phi) is 3.40. The van der Waals surface area contributed by atoms with E-state index >= 15 is 0 Å². The summed E-state index contributed by atoms with van der Waals surface area (Å²) in [4.78, 5) is 11.9. The minimum absolute atomic E-state index is 0.188. The van der Waals surface area contributed by atoms with Crippen molar-refractivity contribution in [2.24, 2.45) is 0 Å². The summed E-state index contributed by atoms with van der Waals surface area (Å²) >= 11 is 0. The number of aliphatic hydroxyl groups excluding tert-OH is 1. The van der Waals surface area contributed by atoms with Crippen LogP contribution < -0.4 is 5.32 Å². The average molecular weight is 227 g/mol. The van der Waals surface area contributed by atoms with Gasteiger partial charge < -0.3 is 10.4 Å². The highest BCUT2D eigenvalue weighted by Gasteiger charge is 2.11. The molecule has 86 valence electrons. The summed E-state index contributed by atoms with van der Waals surface area (Å²) in [5.41, 5.74) is 1.28. The van der Waals surface area contributed by atoms with Crippen molar-refractivity contribution in [1.82, 2.24) is 0 Å². The third-order valence-corrected chi connectivity index (χ3v) is 2.39. The van der Waals surface area contributed by atoms with E-state index in [-0.39, 0.29) is 18.1 Å². The van der Waals surface area contributed by atoms with Gasteiger partial charge in [0.25, 0.3) is 5.91 Å². The minimum atomic E-state index is -0.192. The normalized spacial score (nSPS) is 14.6. The number of aliphatic hydroxyl groups is 1. The number of carbonyl (C=O) groups is 1. The van der Waals surface area contributed by atoms with Gasteiger partial charge in [-0.1, -0.05) is 36.4 Å². The molecule has 0 atom stereocenters. The first-order valence-electron chi connectivity index (χ1n) is 5.37. The highest BCUT2D eigenvalue weighted by Crippen LogP contribution is 2.15. The lowest BCUT2D eigenvalue weighted by atomic mass is 10.1. The fourth-order valence-electron chi connectivity index (χ4n) is 1.54. The molecule has 0 spiro atoms. The summed E-state index contributed by atoms with van der Waals surface area (Å²) in [5, 5.41) is 12.2. The van der Waals surface area contributed by atoms with Crippen LogP contribution in [0, 0.1) is 0 Å². The van der Waals surface area contributed by atoms with E-state index in [0.717, 1.165) is 5.69 Å². The molecule has 1 amide bonds. The summed E-state index contributed by atoms with van der Waals surface area (Å²) in [6.45, 7) is 0. The van der Waals surface area contributed by atoms with Crippen molar-refractivity contribution in [3.8, 4) is 0 Å². The average Bonchev–Trinajstić information content (AvgIpc) is 2.55. The summed E-state index contributed by atoms with van der Waals surface area (Å²) in [7, 11) is 0. The molecule has 0 saturated heterocycles. The van der Waals surface area contributed by atoms with E-state index < -0.39 is 0 Å². The number of para-hydroxylation sites is 1. The van der Waals surface area contributed by atoms with Crippen molar-refractivity contribution in [2.45, 2.75) is 6.42 Å². The molecule has 3 nitrogen and oxygen atoms in total. The van der Waals surface area contributed by atoms with Crippen LogP contribution in [0.15, 0.2) is 66.0 Å². The van der Waals surface area contributed by atoms with E-state index in [1.807, 2.05) is 30.3 Å². The SMILES string of the molecule is O=C(Nc1ccccc1)C1=CC=CC=C(O)C1. The molecule has 0 heterocycles. The lowest BCUT2D eigenvalue weighted by Gasteiger charge is -2.07. The molecule has 17 heavy (non-hydrogen) atoms. The molecule has 2 rings (SSSR count). The second-order valence-corrected chi connectivity index (χ2v) is 3.73. The van der Waals surface area contributed by atoms with Crippen LogP contribution in [-0.4, -0.2) is 11.0 Å². The van der Waals surface area contributed by atoms with E-state index in [9.17, 15) is 9.90 Å². The lowest BCUT2D eigenvalue weighted by molar-refractivity contribution is -0.113. The number of rotatable bonds is 2. The van der Waals surface area contributed by atoms with Crippen LogP contribution in [0.2, 0.25) is 0 Å². The molecule has 0 radical (unpaired) electrons. The van der Waals surface area contributed by atoms with Gasteiger partial charge in [-0.05, 0) is 18.2 Å². The number of hydrogen-bond donors (Lipinski definition) is 2.